The smallest absolute Gasteiger partial charge is 0.243 e. The molecule has 0 fully saturated rings. The third-order valence-electron chi connectivity index (χ3n) is 4.93. The quantitative estimate of drug-likeness (QED) is 0.716. The van der Waals surface area contributed by atoms with Gasteiger partial charge in [0.2, 0.25) is 15.9 Å². The van der Waals surface area contributed by atoms with E-state index in [0.29, 0.717) is 22.2 Å². The second kappa shape index (κ2) is 6.88. The molecular formula is C21H18N4O3S. The van der Waals surface area contributed by atoms with Gasteiger partial charge in [-0.3, -0.25) is 4.98 Å². The average molecular weight is 406 g/mol. The van der Waals surface area contributed by atoms with Crippen molar-refractivity contribution in [3.8, 4) is 11.8 Å². The molecule has 7 nitrogen and oxygen atoms in total. The Hall–Kier alpha value is -3.41. The molecule has 0 saturated carbocycles. The summed E-state index contributed by atoms with van der Waals surface area (Å²) in [5.74, 6) is -0.208. The van der Waals surface area contributed by atoms with Crippen LogP contribution >= 0.6 is 0 Å². The van der Waals surface area contributed by atoms with Crippen LogP contribution in [0, 0.1) is 11.3 Å². The third kappa shape index (κ3) is 2.92. The number of hydrogen-bond acceptors (Lipinski definition) is 6. The van der Waals surface area contributed by atoms with Gasteiger partial charge in [0.1, 0.15) is 17.2 Å². The van der Waals surface area contributed by atoms with Crippen molar-refractivity contribution in [3.05, 3.63) is 77.3 Å². The molecule has 0 amide bonds. The van der Waals surface area contributed by atoms with E-state index in [-0.39, 0.29) is 16.4 Å². The van der Waals surface area contributed by atoms with Crippen LogP contribution in [-0.4, -0.2) is 31.8 Å². The summed E-state index contributed by atoms with van der Waals surface area (Å²) in [6.45, 7) is 0. The molecule has 1 aliphatic rings. The van der Waals surface area contributed by atoms with Crippen molar-refractivity contribution in [2.24, 2.45) is 5.73 Å². The highest BCUT2D eigenvalue weighted by Gasteiger charge is 2.35. The molecule has 4 rings (SSSR count). The van der Waals surface area contributed by atoms with E-state index in [9.17, 15) is 13.7 Å². The first-order chi connectivity index (χ1) is 13.9. The SMILES string of the molecule is CN(C)S(=O)(=O)c1cc2c(c3ncccc13)OC(N)=C(C#N)C2c1ccccc1. The third-order valence-corrected chi connectivity index (χ3v) is 6.78. The van der Waals surface area contributed by atoms with Crippen LogP contribution < -0.4 is 10.5 Å². The first-order valence-electron chi connectivity index (χ1n) is 8.83. The fraction of sp³-hybridized carbons (Fsp3) is 0.143. The van der Waals surface area contributed by atoms with Gasteiger partial charge in [0.25, 0.3) is 0 Å². The van der Waals surface area contributed by atoms with Crippen molar-refractivity contribution in [1.82, 2.24) is 9.29 Å². The molecule has 2 aromatic carbocycles. The van der Waals surface area contributed by atoms with E-state index in [1.807, 2.05) is 30.3 Å². The largest absolute Gasteiger partial charge is 0.438 e. The minimum atomic E-state index is -3.77. The molecule has 1 atom stereocenters. The van der Waals surface area contributed by atoms with Crippen molar-refractivity contribution in [2.75, 3.05) is 14.1 Å². The van der Waals surface area contributed by atoms with Crippen LogP contribution in [0.15, 0.2) is 71.1 Å². The normalized spacial score (nSPS) is 16.4. The minimum Gasteiger partial charge on any atom is -0.438 e. The van der Waals surface area contributed by atoms with Crippen LogP contribution in [0.25, 0.3) is 10.9 Å². The van der Waals surface area contributed by atoms with E-state index < -0.39 is 15.9 Å². The predicted octanol–water partition coefficient (Wildman–Crippen LogP) is 2.70. The van der Waals surface area contributed by atoms with E-state index in [4.69, 9.17) is 10.5 Å². The van der Waals surface area contributed by atoms with E-state index in [1.54, 1.807) is 24.4 Å². The van der Waals surface area contributed by atoms with Gasteiger partial charge in [0, 0.05) is 31.2 Å². The number of nitrogens with two attached hydrogens (primary N) is 1. The highest BCUT2D eigenvalue weighted by atomic mass is 32.2. The number of pyridine rings is 1. The minimum absolute atomic E-state index is 0.0102. The average Bonchev–Trinajstić information content (AvgIpc) is 2.72. The molecule has 0 saturated heterocycles. The van der Waals surface area contributed by atoms with Crippen molar-refractivity contribution in [3.63, 3.8) is 0 Å². The van der Waals surface area contributed by atoms with Crippen LogP contribution in [0.5, 0.6) is 5.75 Å². The van der Waals surface area contributed by atoms with E-state index in [0.717, 1.165) is 9.87 Å². The van der Waals surface area contributed by atoms with Gasteiger partial charge in [-0.05, 0) is 23.8 Å². The van der Waals surface area contributed by atoms with Gasteiger partial charge in [-0.2, -0.15) is 5.26 Å². The maximum atomic E-state index is 13.0. The number of nitriles is 1. The molecule has 0 radical (unpaired) electrons. The van der Waals surface area contributed by atoms with Gasteiger partial charge >= 0.3 is 0 Å². The Kier molecular flexibility index (Phi) is 4.49. The fourth-order valence-electron chi connectivity index (χ4n) is 3.51. The lowest BCUT2D eigenvalue weighted by atomic mass is 9.83. The van der Waals surface area contributed by atoms with Crippen LogP contribution in [0.3, 0.4) is 0 Å². The van der Waals surface area contributed by atoms with Gasteiger partial charge in [0.05, 0.1) is 10.8 Å². The summed E-state index contributed by atoms with van der Waals surface area (Å²) in [7, 11) is -0.827. The summed E-state index contributed by atoms with van der Waals surface area (Å²) in [6.07, 6.45) is 1.56. The first kappa shape index (κ1) is 18.9. The van der Waals surface area contributed by atoms with Gasteiger partial charge < -0.3 is 10.5 Å². The molecule has 146 valence electrons. The zero-order chi connectivity index (χ0) is 20.8. The van der Waals surface area contributed by atoms with Gasteiger partial charge in [-0.1, -0.05) is 30.3 Å². The second-order valence-electron chi connectivity index (χ2n) is 6.82. The molecule has 1 unspecified atom stereocenters. The number of fused-ring (bicyclic) bond motifs is 3. The molecule has 0 spiro atoms. The Labute approximate surface area is 168 Å². The molecule has 2 heterocycles. The maximum absolute atomic E-state index is 13.0. The van der Waals surface area contributed by atoms with Crippen molar-refractivity contribution >= 4 is 20.9 Å². The first-order valence-corrected chi connectivity index (χ1v) is 10.3. The highest BCUT2D eigenvalue weighted by molar-refractivity contribution is 7.89. The van der Waals surface area contributed by atoms with Crippen molar-refractivity contribution in [2.45, 2.75) is 10.8 Å². The number of hydrogen-bond donors (Lipinski definition) is 1. The fourth-order valence-corrected chi connectivity index (χ4v) is 4.62. The molecule has 0 aliphatic carbocycles. The predicted molar refractivity (Wildman–Crippen MR) is 108 cm³/mol. The van der Waals surface area contributed by atoms with E-state index in [1.165, 1.54) is 14.1 Å². The standard InChI is InChI=1S/C21H18N4O3S/c1-25(2)29(26,27)17-11-15-18(13-7-4-3-5-8-13)16(12-22)21(23)28-20(15)19-14(17)9-6-10-24-19/h3-11,18H,23H2,1-2H3. The lowest BCUT2D eigenvalue weighted by molar-refractivity contribution is 0.397. The van der Waals surface area contributed by atoms with E-state index >= 15 is 0 Å². The highest BCUT2D eigenvalue weighted by Crippen LogP contribution is 2.46. The lowest BCUT2D eigenvalue weighted by Crippen LogP contribution is -2.25. The number of benzene rings is 2. The topological polar surface area (TPSA) is 109 Å². The number of allylic oxidation sites excluding steroid dienone is 1. The number of sulfonamides is 1. The lowest BCUT2D eigenvalue weighted by Gasteiger charge is -2.28. The Morgan fingerprint density at radius 2 is 1.90 bits per heavy atom. The van der Waals surface area contributed by atoms with Gasteiger partial charge in [0.15, 0.2) is 5.75 Å². The number of rotatable bonds is 3. The van der Waals surface area contributed by atoms with E-state index in [2.05, 4.69) is 11.1 Å². The summed E-state index contributed by atoms with van der Waals surface area (Å²) in [5, 5.41) is 10.2. The summed E-state index contributed by atoms with van der Waals surface area (Å²) >= 11 is 0. The molecule has 8 heteroatoms. The zero-order valence-corrected chi connectivity index (χ0v) is 16.6. The van der Waals surface area contributed by atoms with Crippen LogP contribution in [0.1, 0.15) is 17.0 Å². The summed E-state index contributed by atoms with van der Waals surface area (Å²) in [5.41, 5.74) is 8.03. The molecule has 0 bridgehead atoms. The van der Waals surface area contributed by atoms with Crippen molar-refractivity contribution < 1.29 is 13.2 Å². The van der Waals surface area contributed by atoms with Crippen LogP contribution in [0.4, 0.5) is 0 Å². The Bertz CT molecular complexity index is 1290. The Morgan fingerprint density at radius 3 is 2.55 bits per heavy atom. The van der Waals surface area contributed by atoms with Crippen LogP contribution in [0.2, 0.25) is 0 Å². The summed E-state index contributed by atoms with van der Waals surface area (Å²) in [4.78, 5) is 4.48. The second-order valence-corrected chi connectivity index (χ2v) is 8.94. The molecular weight excluding hydrogens is 388 g/mol. The summed E-state index contributed by atoms with van der Waals surface area (Å²) in [6, 6.07) is 16.3. The molecule has 1 aromatic heterocycles. The number of nitrogens with zero attached hydrogens (tertiary/aromatic N) is 3. The molecule has 2 N–H and O–H groups in total. The van der Waals surface area contributed by atoms with Gasteiger partial charge in [-0.25, -0.2) is 12.7 Å². The van der Waals surface area contributed by atoms with Crippen LogP contribution in [-0.2, 0) is 10.0 Å². The Balaban J connectivity index is 2.13. The molecule has 29 heavy (non-hydrogen) atoms. The number of ether oxygens (including phenoxy) is 1. The number of aromatic nitrogens is 1. The van der Waals surface area contributed by atoms with Crippen molar-refractivity contribution in [1.29, 1.82) is 5.26 Å². The Morgan fingerprint density at radius 1 is 1.17 bits per heavy atom. The van der Waals surface area contributed by atoms with Gasteiger partial charge in [-0.15, -0.1) is 0 Å². The molecule has 1 aliphatic heterocycles. The zero-order valence-electron chi connectivity index (χ0n) is 15.8. The monoisotopic (exact) mass is 406 g/mol. The maximum Gasteiger partial charge on any atom is 0.243 e. The molecule has 3 aromatic rings. The summed E-state index contributed by atoms with van der Waals surface area (Å²) < 4.78 is 33.0.